The second kappa shape index (κ2) is 6.36. The third kappa shape index (κ3) is 3.34. The quantitative estimate of drug-likeness (QED) is 0.836. The van der Waals surface area contributed by atoms with E-state index in [1.165, 1.54) is 14.8 Å². The summed E-state index contributed by atoms with van der Waals surface area (Å²) in [5, 5.41) is 4.48. The number of thiazole rings is 1. The molecule has 2 nitrogen and oxygen atoms in total. The van der Waals surface area contributed by atoms with E-state index >= 15 is 0 Å². The normalized spacial score (nSPS) is 12.6. The zero-order chi connectivity index (χ0) is 13.0. The van der Waals surface area contributed by atoms with Crippen LogP contribution in [0.3, 0.4) is 0 Å². The van der Waals surface area contributed by atoms with Crippen molar-refractivity contribution in [3.05, 3.63) is 45.9 Å². The van der Waals surface area contributed by atoms with Crippen molar-refractivity contribution in [2.75, 3.05) is 7.05 Å². The van der Waals surface area contributed by atoms with Crippen molar-refractivity contribution in [2.45, 2.75) is 30.5 Å². The number of nitrogens with zero attached hydrogens (tertiary/aromatic N) is 1. The summed E-state index contributed by atoms with van der Waals surface area (Å²) in [6, 6.07) is 10.9. The molecule has 0 bridgehead atoms. The van der Waals surface area contributed by atoms with Crippen molar-refractivity contribution >= 4 is 23.1 Å². The van der Waals surface area contributed by atoms with Crippen molar-refractivity contribution in [1.82, 2.24) is 10.3 Å². The Balaban J connectivity index is 2.02. The molecule has 1 heterocycles. The van der Waals surface area contributed by atoms with Crippen molar-refractivity contribution < 1.29 is 0 Å². The molecule has 0 amide bonds. The van der Waals surface area contributed by atoms with Gasteiger partial charge < -0.3 is 5.32 Å². The number of hydrogen-bond donors (Lipinski definition) is 1. The third-order valence-corrected chi connectivity index (χ3v) is 5.35. The highest BCUT2D eigenvalue weighted by Gasteiger charge is 2.12. The molecule has 0 spiro atoms. The van der Waals surface area contributed by atoms with Gasteiger partial charge in [-0.25, -0.2) is 4.98 Å². The van der Waals surface area contributed by atoms with Crippen LogP contribution < -0.4 is 5.32 Å². The smallest absolute Gasteiger partial charge is 0.103 e. The van der Waals surface area contributed by atoms with Crippen molar-refractivity contribution in [1.29, 1.82) is 0 Å². The van der Waals surface area contributed by atoms with Gasteiger partial charge in [-0.1, -0.05) is 18.2 Å². The van der Waals surface area contributed by atoms with E-state index in [-0.39, 0.29) is 0 Å². The first-order valence-electron chi connectivity index (χ1n) is 6.02. The summed E-state index contributed by atoms with van der Waals surface area (Å²) >= 11 is 3.66. The fraction of sp³-hybridized carbons (Fsp3) is 0.357. The van der Waals surface area contributed by atoms with Gasteiger partial charge in [-0.15, -0.1) is 23.1 Å². The van der Waals surface area contributed by atoms with Crippen molar-refractivity contribution in [3.8, 4) is 0 Å². The molecule has 2 rings (SSSR count). The molecule has 1 aromatic carbocycles. The monoisotopic (exact) mass is 278 g/mol. The van der Waals surface area contributed by atoms with Gasteiger partial charge in [-0.3, -0.25) is 0 Å². The van der Waals surface area contributed by atoms with Crippen LogP contribution in [0.5, 0.6) is 0 Å². The highest BCUT2D eigenvalue weighted by molar-refractivity contribution is 7.98. The molecular formula is C14H18N2S2. The number of nitrogens with one attached hydrogen (secondary N) is 1. The fourth-order valence-electron chi connectivity index (χ4n) is 1.72. The Morgan fingerprint density at radius 2 is 2.06 bits per heavy atom. The summed E-state index contributed by atoms with van der Waals surface area (Å²) in [4.78, 5) is 7.30. The van der Waals surface area contributed by atoms with Crippen LogP contribution in [0.25, 0.3) is 0 Å². The zero-order valence-electron chi connectivity index (χ0n) is 10.9. The topological polar surface area (TPSA) is 24.9 Å². The number of aryl methyl sites for hydroxylation is 1. The number of hydrogen-bond acceptors (Lipinski definition) is 4. The van der Waals surface area contributed by atoms with Crippen LogP contribution in [0.4, 0.5) is 0 Å². The van der Waals surface area contributed by atoms with Crippen LogP contribution in [0.1, 0.15) is 28.5 Å². The summed E-state index contributed by atoms with van der Waals surface area (Å²) < 4.78 is 0. The molecule has 1 unspecified atom stereocenters. The summed E-state index contributed by atoms with van der Waals surface area (Å²) in [7, 11) is 1.99. The van der Waals surface area contributed by atoms with Gasteiger partial charge in [0.1, 0.15) is 5.01 Å². The first-order chi connectivity index (χ1) is 8.70. The Bertz CT molecular complexity index is 494. The maximum Gasteiger partial charge on any atom is 0.103 e. The Hall–Kier alpha value is -0.840. The molecule has 1 atom stereocenters. The second-order valence-corrected chi connectivity index (χ2v) is 6.33. The minimum Gasteiger partial charge on any atom is -0.312 e. The lowest BCUT2D eigenvalue weighted by Crippen LogP contribution is -2.11. The molecule has 0 aliphatic heterocycles. The maximum atomic E-state index is 4.65. The minimum absolute atomic E-state index is 0.387. The van der Waals surface area contributed by atoms with Gasteiger partial charge in [-0.05, 0) is 33.0 Å². The van der Waals surface area contributed by atoms with Crippen LogP contribution in [0.15, 0.2) is 35.2 Å². The molecule has 0 saturated carbocycles. The van der Waals surface area contributed by atoms with E-state index in [1.54, 1.807) is 0 Å². The van der Waals surface area contributed by atoms with E-state index in [1.807, 2.05) is 36.2 Å². The highest BCUT2D eigenvalue weighted by Crippen LogP contribution is 2.29. The first kappa shape index (κ1) is 13.6. The summed E-state index contributed by atoms with van der Waals surface area (Å²) in [5.41, 5.74) is 1.16. The van der Waals surface area contributed by atoms with Gasteiger partial charge in [0.25, 0.3) is 0 Å². The molecule has 1 N–H and O–H groups in total. The van der Waals surface area contributed by atoms with Crippen LogP contribution >= 0.6 is 23.1 Å². The van der Waals surface area contributed by atoms with E-state index in [9.17, 15) is 0 Å². The molecule has 0 radical (unpaired) electrons. The SMILES string of the molecule is CNC(C)c1sc(CSc2ccccc2)nc1C. The number of aromatic nitrogens is 1. The standard InChI is InChI=1S/C14H18N2S2/c1-10(15-3)14-11(2)16-13(18-14)9-17-12-7-5-4-6-8-12/h4-8,10,15H,9H2,1-3H3. The molecule has 0 aliphatic rings. The van der Waals surface area contributed by atoms with Crippen LogP contribution in [0.2, 0.25) is 0 Å². The maximum absolute atomic E-state index is 4.65. The molecule has 4 heteroatoms. The van der Waals surface area contributed by atoms with Crippen LogP contribution in [-0.2, 0) is 5.75 Å². The van der Waals surface area contributed by atoms with Gasteiger partial charge in [0.15, 0.2) is 0 Å². The summed E-state index contributed by atoms with van der Waals surface area (Å²) in [6.45, 7) is 4.27. The molecular weight excluding hydrogens is 260 g/mol. The number of thioether (sulfide) groups is 1. The Morgan fingerprint density at radius 1 is 1.33 bits per heavy atom. The second-order valence-electron chi connectivity index (χ2n) is 4.17. The predicted molar refractivity (Wildman–Crippen MR) is 80.3 cm³/mol. The van der Waals surface area contributed by atoms with Crippen molar-refractivity contribution in [2.24, 2.45) is 0 Å². The predicted octanol–water partition coefficient (Wildman–Crippen LogP) is 4.02. The average molecular weight is 278 g/mol. The lowest BCUT2D eigenvalue weighted by molar-refractivity contribution is 0.658. The lowest BCUT2D eigenvalue weighted by Gasteiger charge is -2.06. The summed E-state index contributed by atoms with van der Waals surface area (Å²) in [6.07, 6.45) is 0. The Kier molecular flexibility index (Phi) is 4.80. The lowest BCUT2D eigenvalue weighted by atomic mass is 10.2. The highest BCUT2D eigenvalue weighted by atomic mass is 32.2. The van der Waals surface area contributed by atoms with Gasteiger partial charge >= 0.3 is 0 Å². The van der Waals surface area contributed by atoms with Crippen LogP contribution in [0, 0.1) is 6.92 Å². The third-order valence-electron chi connectivity index (χ3n) is 2.81. The minimum atomic E-state index is 0.387. The van der Waals surface area contributed by atoms with E-state index < -0.39 is 0 Å². The molecule has 0 aliphatic carbocycles. The molecule has 0 fully saturated rings. The van der Waals surface area contributed by atoms with Gasteiger partial charge in [0.2, 0.25) is 0 Å². The number of benzene rings is 1. The molecule has 2 aromatic rings. The first-order valence-corrected chi connectivity index (χ1v) is 7.82. The molecule has 0 saturated heterocycles. The van der Waals surface area contributed by atoms with Crippen LogP contribution in [-0.4, -0.2) is 12.0 Å². The van der Waals surface area contributed by atoms with Crippen molar-refractivity contribution in [3.63, 3.8) is 0 Å². The van der Waals surface area contributed by atoms with Gasteiger partial charge in [0.05, 0.1) is 11.4 Å². The molecule has 18 heavy (non-hydrogen) atoms. The number of rotatable bonds is 5. The van der Waals surface area contributed by atoms with E-state index in [0.717, 1.165) is 11.4 Å². The molecule has 1 aromatic heterocycles. The Labute approximate surface area is 117 Å². The molecule has 96 valence electrons. The Morgan fingerprint density at radius 3 is 2.72 bits per heavy atom. The zero-order valence-corrected chi connectivity index (χ0v) is 12.6. The van der Waals surface area contributed by atoms with Gasteiger partial charge in [-0.2, -0.15) is 0 Å². The van der Waals surface area contributed by atoms with E-state index in [4.69, 9.17) is 0 Å². The summed E-state index contributed by atoms with van der Waals surface area (Å²) in [5.74, 6) is 0.950. The largest absolute Gasteiger partial charge is 0.312 e. The van der Waals surface area contributed by atoms with Gasteiger partial charge in [0, 0.05) is 15.8 Å². The van der Waals surface area contributed by atoms with E-state index in [2.05, 4.69) is 48.4 Å². The fourth-order valence-corrected chi connectivity index (χ4v) is 3.76. The average Bonchev–Trinajstić information content (AvgIpc) is 2.78. The van der Waals surface area contributed by atoms with E-state index in [0.29, 0.717) is 6.04 Å².